The Bertz CT molecular complexity index is 611. The molecule has 0 saturated heterocycles. The molecule has 0 aliphatic rings. The molecule has 6 nitrogen and oxygen atoms in total. The number of aromatic nitrogens is 3. The number of nitrogens with one attached hydrogen (secondary N) is 1. The van der Waals surface area contributed by atoms with Gasteiger partial charge in [0.25, 0.3) is 0 Å². The first-order chi connectivity index (χ1) is 9.08. The second-order valence-electron chi connectivity index (χ2n) is 3.86. The summed E-state index contributed by atoms with van der Waals surface area (Å²) in [5.74, 6) is 0. The van der Waals surface area contributed by atoms with Crippen molar-refractivity contribution in [3.8, 4) is 0 Å². The van der Waals surface area contributed by atoms with Crippen LogP contribution in [0.1, 0.15) is 6.42 Å². The maximum atomic E-state index is 11.9. The summed E-state index contributed by atoms with van der Waals surface area (Å²) < 4.78 is 28.0. The summed E-state index contributed by atoms with van der Waals surface area (Å²) in [4.78, 5) is 4.01. The normalized spacial score (nSPS) is 11.6. The first-order valence-corrected chi connectivity index (χ1v) is 7.52. The number of aryl methyl sites for hydroxylation is 1. The Labute approximate surface area is 116 Å². The van der Waals surface area contributed by atoms with E-state index in [2.05, 4.69) is 14.8 Å². The van der Waals surface area contributed by atoms with E-state index < -0.39 is 10.0 Å². The van der Waals surface area contributed by atoms with Crippen LogP contribution in [0.5, 0.6) is 0 Å². The van der Waals surface area contributed by atoms with Crippen LogP contribution in [-0.4, -0.2) is 29.7 Å². The van der Waals surface area contributed by atoms with Gasteiger partial charge in [-0.05, 0) is 30.7 Å². The molecule has 1 aromatic heterocycles. The molecule has 0 unspecified atom stereocenters. The molecule has 1 heterocycles. The number of halogens is 1. The molecular weight excluding hydrogens is 288 g/mol. The molecule has 19 heavy (non-hydrogen) atoms. The van der Waals surface area contributed by atoms with E-state index in [0.29, 0.717) is 24.5 Å². The lowest BCUT2D eigenvalue weighted by molar-refractivity contribution is 0.552. The lowest BCUT2D eigenvalue weighted by Gasteiger charge is -2.06. The van der Waals surface area contributed by atoms with Crippen molar-refractivity contribution in [2.24, 2.45) is 0 Å². The topological polar surface area (TPSA) is 76.9 Å². The second kappa shape index (κ2) is 6.14. The first kappa shape index (κ1) is 14.0. The zero-order chi connectivity index (χ0) is 13.7. The Morgan fingerprint density at radius 3 is 2.63 bits per heavy atom. The van der Waals surface area contributed by atoms with Crippen LogP contribution < -0.4 is 4.72 Å². The summed E-state index contributed by atoms with van der Waals surface area (Å²) in [5.41, 5.74) is 0. The number of benzene rings is 1. The summed E-state index contributed by atoms with van der Waals surface area (Å²) in [7, 11) is -3.47. The van der Waals surface area contributed by atoms with Gasteiger partial charge >= 0.3 is 0 Å². The fraction of sp³-hybridized carbons (Fsp3) is 0.273. The van der Waals surface area contributed by atoms with Crippen molar-refractivity contribution in [1.29, 1.82) is 0 Å². The van der Waals surface area contributed by atoms with Crippen LogP contribution in [0.15, 0.2) is 41.8 Å². The average Bonchev–Trinajstić information content (AvgIpc) is 2.88. The third-order valence-electron chi connectivity index (χ3n) is 2.45. The first-order valence-electron chi connectivity index (χ1n) is 5.65. The lowest BCUT2D eigenvalue weighted by atomic mass is 10.4. The molecule has 0 aliphatic carbocycles. The van der Waals surface area contributed by atoms with E-state index in [1.807, 2.05) is 0 Å². The fourth-order valence-electron chi connectivity index (χ4n) is 1.49. The molecule has 0 amide bonds. The summed E-state index contributed by atoms with van der Waals surface area (Å²) >= 11 is 5.71. The van der Waals surface area contributed by atoms with E-state index in [4.69, 9.17) is 11.6 Å². The van der Waals surface area contributed by atoms with Gasteiger partial charge in [0.05, 0.1) is 4.90 Å². The molecular formula is C11H13ClN4O2S. The minimum absolute atomic E-state index is 0.206. The maximum absolute atomic E-state index is 11.9. The van der Waals surface area contributed by atoms with E-state index >= 15 is 0 Å². The predicted octanol–water partition coefficient (Wildman–Crippen LogP) is 1.30. The van der Waals surface area contributed by atoms with Crippen molar-refractivity contribution < 1.29 is 8.42 Å². The zero-order valence-electron chi connectivity index (χ0n) is 10.0. The van der Waals surface area contributed by atoms with Gasteiger partial charge in [-0.2, -0.15) is 5.10 Å². The standard InChI is InChI=1S/C11H13ClN4O2S/c12-10-2-4-11(5-3-10)19(17,18)15-6-1-7-16-9-13-8-14-16/h2-5,8-9,15H,1,6-7H2. The van der Waals surface area contributed by atoms with E-state index in [1.54, 1.807) is 23.1 Å². The van der Waals surface area contributed by atoms with Crippen LogP contribution in [0.25, 0.3) is 0 Å². The van der Waals surface area contributed by atoms with Gasteiger partial charge in [0, 0.05) is 18.1 Å². The minimum Gasteiger partial charge on any atom is -0.253 e. The van der Waals surface area contributed by atoms with Crippen molar-refractivity contribution >= 4 is 21.6 Å². The highest BCUT2D eigenvalue weighted by Gasteiger charge is 2.12. The van der Waals surface area contributed by atoms with Gasteiger partial charge in [0.2, 0.25) is 10.0 Å². The lowest BCUT2D eigenvalue weighted by Crippen LogP contribution is -2.25. The van der Waals surface area contributed by atoms with Crippen molar-refractivity contribution in [2.75, 3.05) is 6.54 Å². The van der Waals surface area contributed by atoms with Crippen LogP contribution in [0.2, 0.25) is 5.02 Å². The van der Waals surface area contributed by atoms with Gasteiger partial charge in [0.15, 0.2) is 0 Å². The van der Waals surface area contributed by atoms with Crippen LogP contribution in [0, 0.1) is 0 Å². The number of sulfonamides is 1. The number of nitrogens with zero attached hydrogens (tertiary/aromatic N) is 3. The highest BCUT2D eigenvalue weighted by molar-refractivity contribution is 7.89. The summed E-state index contributed by atoms with van der Waals surface area (Å²) in [6, 6.07) is 6.04. The quantitative estimate of drug-likeness (QED) is 0.816. The SMILES string of the molecule is O=S(=O)(NCCCn1cncn1)c1ccc(Cl)cc1. The Morgan fingerprint density at radius 1 is 1.26 bits per heavy atom. The molecule has 1 aromatic carbocycles. The van der Waals surface area contributed by atoms with E-state index in [9.17, 15) is 8.42 Å². The molecule has 0 spiro atoms. The highest BCUT2D eigenvalue weighted by Crippen LogP contribution is 2.13. The Hall–Kier alpha value is -1.44. The highest BCUT2D eigenvalue weighted by atomic mass is 35.5. The molecule has 2 rings (SSSR count). The predicted molar refractivity (Wildman–Crippen MR) is 71.3 cm³/mol. The maximum Gasteiger partial charge on any atom is 0.240 e. The molecule has 0 bridgehead atoms. The molecule has 8 heteroatoms. The zero-order valence-corrected chi connectivity index (χ0v) is 11.6. The largest absolute Gasteiger partial charge is 0.253 e. The molecule has 102 valence electrons. The average molecular weight is 301 g/mol. The van der Waals surface area contributed by atoms with Gasteiger partial charge in [-0.3, -0.25) is 4.68 Å². The smallest absolute Gasteiger partial charge is 0.240 e. The molecule has 1 N–H and O–H groups in total. The van der Waals surface area contributed by atoms with Gasteiger partial charge in [-0.25, -0.2) is 18.1 Å². The number of rotatable bonds is 6. The third-order valence-corrected chi connectivity index (χ3v) is 4.18. The summed E-state index contributed by atoms with van der Waals surface area (Å²) in [5, 5.41) is 4.44. The van der Waals surface area contributed by atoms with E-state index in [-0.39, 0.29) is 4.90 Å². The van der Waals surface area contributed by atoms with Crippen LogP contribution in [0.4, 0.5) is 0 Å². The van der Waals surface area contributed by atoms with Gasteiger partial charge in [-0.1, -0.05) is 11.6 Å². The minimum atomic E-state index is -3.47. The second-order valence-corrected chi connectivity index (χ2v) is 6.07. The van der Waals surface area contributed by atoms with Crippen molar-refractivity contribution in [2.45, 2.75) is 17.9 Å². The molecule has 0 atom stereocenters. The number of hydrogen-bond donors (Lipinski definition) is 1. The number of hydrogen-bond acceptors (Lipinski definition) is 4. The van der Waals surface area contributed by atoms with Gasteiger partial charge < -0.3 is 0 Å². The van der Waals surface area contributed by atoms with Crippen LogP contribution in [0.3, 0.4) is 0 Å². The Balaban J connectivity index is 1.86. The molecule has 0 radical (unpaired) electrons. The Morgan fingerprint density at radius 2 is 2.00 bits per heavy atom. The van der Waals surface area contributed by atoms with Crippen molar-refractivity contribution in [1.82, 2.24) is 19.5 Å². The van der Waals surface area contributed by atoms with Gasteiger partial charge in [-0.15, -0.1) is 0 Å². The molecule has 0 fully saturated rings. The Kier molecular flexibility index (Phi) is 4.52. The third kappa shape index (κ3) is 4.02. The summed E-state index contributed by atoms with van der Waals surface area (Å²) in [6.07, 6.45) is 3.67. The summed E-state index contributed by atoms with van der Waals surface area (Å²) in [6.45, 7) is 0.952. The van der Waals surface area contributed by atoms with Crippen molar-refractivity contribution in [3.05, 3.63) is 41.9 Å². The van der Waals surface area contributed by atoms with Crippen LogP contribution in [-0.2, 0) is 16.6 Å². The fourth-order valence-corrected chi connectivity index (χ4v) is 2.69. The monoisotopic (exact) mass is 300 g/mol. The van der Waals surface area contributed by atoms with E-state index in [1.165, 1.54) is 18.5 Å². The van der Waals surface area contributed by atoms with Crippen LogP contribution >= 0.6 is 11.6 Å². The van der Waals surface area contributed by atoms with Gasteiger partial charge in [0.1, 0.15) is 12.7 Å². The molecule has 0 saturated carbocycles. The molecule has 2 aromatic rings. The van der Waals surface area contributed by atoms with E-state index in [0.717, 1.165) is 0 Å². The molecule has 0 aliphatic heterocycles. The van der Waals surface area contributed by atoms with Crippen molar-refractivity contribution in [3.63, 3.8) is 0 Å².